The van der Waals surface area contributed by atoms with Crippen LogP contribution in [0.5, 0.6) is 0 Å². The summed E-state index contributed by atoms with van der Waals surface area (Å²) in [5, 5.41) is 2.66. The van der Waals surface area contributed by atoms with E-state index in [4.69, 9.17) is 0 Å². The lowest BCUT2D eigenvalue weighted by Crippen LogP contribution is -1.94. The van der Waals surface area contributed by atoms with Crippen LogP contribution in [0.25, 0.3) is 0 Å². The van der Waals surface area contributed by atoms with E-state index in [0.29, 0.717) is 11.8 Å². The van der Waals surface area contributed by atoms with Gasteiger partial charge in [-0.25, -0.2) is 0 Å². The van der Waals surface area contributed by atoms with Crippen LogP contribution in [-0.4, -0.2) is 6.29 Å². The van der Waals surface area contributed by atoms with E-state index in [1.54, 1.807) is 24.3 Å². The van der Waals surface area contributed by atoms with Gasteiger partial charge in [-0.3, -0.25) is 0 Å². The highest BCUT2D eigenvalue weighted by Crippen LogP contribution is 2.12. The van der Waals surface area contributed by atoms with E-state index >= 15 is 0 Å². The molecule has 0 fully saturated rings. The first-order valence-corrected chi connectivity index (χ1v) is 3.21. The van der Waals surface area contributed by atoms with E-state index in [0.717, 1.165) is 0 Å². The Kier molecular flexibility index (Phi) is 2.49. The number of hydrogen-bond acceptors (Lipinski definition) is 3. The van der Waals surface area contributed by atoms with E-state index in [9.17, 15) is 9.70 Å². The number of nitrogens with zero attached hydrogens (tertiary/aromatic N) is 1. The third kappa shape index (κ3) is 1.70. The van der Waals surface area contributed by atoms with E-state index in [-0.39, 0.29) is 0 Å². The molecule has 0 spiro atoms. The molecular formula is C8H7NO2. The van der Waals surface area contributed by atoms with Crippen LogP contribution in [0.15, 0.2) is 35.5 Å². The molecule has 0 aliphatic rings. The zero-order valence-corrected chi connectivity index (χ0v) is 5.81. The average molecular weight is 149 g/mol. The largest absolute Gasteiger partial charge is 0.300 e. The highest BCUT2D eigenvalue weighted by molar-refractivity contribution is 5.61. The Morgan fingerprint density at radius 1 is 1.27 bits per heavy atom. The summed E-state index contributed by atoms with van der Waals surface area (Å²) in [5.41, 5.74) is 0.637. The highest BCUT2D eigenvalue weighted by atomic mass is 16.3. The molecule has 1 rings (SSSR count). The second-order valence-electron chi connectivity index (χ2n) is 2.10. The van der Waals surface area contributed by atoms with Gasteiger partial charge < -0.3 is 4.79 Å². The molecule has 1 unspecified atom stereocenters. The molecule has 0 bridgehead atoms. The second-order valence-corrected chi connectivity index (χ2v) is 2.10. The van der Waals surface area contributed by atoms with E-state index < -0.39 is 6.04 Å². The summed E-state index contributed by atoms with van der Waals surface area (Å²) in [4.78, 5) is 20.3. The molecule has 0 amide bonds. The lowest BCUT2D eigenvalue weighted by Gasteiger charge is -1.98. The first kappa shape index (κ1) is 7.60. The molecule has 0 saturated carbocycles. The molecule has 0 aliphatic heterocycles. The van der Waals surface area contributed by atoms with Crippen LogP contribution in [-0.2, 0) is 4.79 Å². The van der Waals surface area contributed by atoms with Gasteiger partial charge in [0.25, 0.3) is 0 Å². The molecule has 0 radical (unpaired) electrons. The highest BCUT2D eigenvalue weighted by Gasteiger charge is 2.07. The van der Waals surface area contributed by atoms with Crippen molar-refractivity contribution in [2.45, 2.75) is 6.04 Å². The first-order valence-electron chi connectivity index (χ1n) is 3.21. The zero-order chi connectivity index (χ0) is 8.10. The molecule has 1 aromatic carbocycles. The van der Waals surface area contributed by atoms with Crippen LogP contribution in [0.4, 0.5) is 0 Å². The predicted molar refractivity (Wildman–Crippen MR) is 41.0 cm³/mol. The van der Waals surface area contributed by atoms with Crippen LogP contribution in [0.3, 0.4) is 0 Å². The minimum atomic E-state index is -0.851. The van der Waals surface area contributed by atoms with Gasteiger partial charge in [-0.2, -0.15) is 0 Å². The van der Waals surface area contributed by atoms with Crippen molar-refractivity contribution in [3.05, 3.63) is 40.8 Å². The van der Waals surface area contributed by atoms with Gasteiger partial charge >= 0.3 is 0 Å². The van der Waals surface area contributed by atoms with Crippen molar-refractivity contribution in [3.63, 3.8) is 0 Å². The summed E-state index contributed by atoms with van der Waals surface area (Å²) in [6, 6.07) is 7.88. The lowest BCUT2D eigenvalue weighted by atomic mass is 10.1. The number of carbonyl (C=O) groups excluding carboxylic acids is 1. The summed E-state index contributed by atoms with van der Waals surface area (Å²) >= 11 is 0. The predicted octanol–water partition coefficient (Wildman–Crippen LogP) is 1.69. The van der Waals surface area contributed by atoms with Crippen LogP contribution in [0.1, 0.15) is 11.6 Å². The Morgan fingerprint density at radius 3 is 2.36 bits per heavy atom. The number of nitroso groups, excluding NO2 is 1. The molecule has 0 aliphatic carbocycles. The minimum absolute atomic E-state index is 0.530. The van der Waals surface area contributed by atoms with Crippen molar-refractivity contribution in [1.29, 1.82) is 0 Å². The normalized spacial score (nSPS) is 12.0. The van der Waals surface area contributed by atoms with Crippen LogP contribution < -0.4 is 0 Å². The zero-order valence-electron chi connectivity index (χ0n) is 5.81. The van der Waals surface area contributed by atoms with Crippen molar-refractivity contribution in [2.75, 3.05) is 0 Å². The quantitative estimate of drug-likeness (QED) is 0.485. The van der Waals surface area contributed by atoms with Gasteiger partial charge in [0.05, 0.1) is 0 Å². The monoisotopic (exact) mass is 149 g/mol. The summed E-state index contributed by atoms with van der Waals surface area (Å²) in [5.74, 6) is 0. The van der Waals surface area contributed by atoms with Gasteiger partial charge in [-0.15, -0.1) is 4.91 Å². The fourth-order valence-electron chi connectivity index (χ4n) is 0.814. The summed E-state index contributed by atoms with van der Waals surface area (Å²) in [7, 11) is 0. The van der Waals surface area contributed by atoms with Crippen molar-refractivity contribution in [2.24, 2.45) is 5.18 Å². The molecule has 11 heavy (non-hydrogen) atoms. The first-order chi connectivity index (χ1) is 5.38. The SMILES string of the molecule is O=CC(N=O)c1ccccc1. The van der Waals surface area contributed by atoms with E-state index in [2.05, 4.69) is 5.18 Å². The summed E-state index contributed by atoms with van der Waals surface area (Å²) < 4.78 is 0. The number of hydrogen-bond donors (Lipinski definition) is 0. The van der Waals surface area contributed by atoms with Crippen LogP contribution in [0.2, 0.25) is 0 Å². The lowest BCUT2D eigenvalue weighted by molar-refractivity contribution is -0.108. The Hall–Kier alpha value is -1.51. The van der Waals surface area contributed by atoms with Crippen LogP contribution >= 0.6 is 0 Å². The molecule has 0 N–H and O–H groups in total. The maximum Gasteiger partial charge on any atom is 0.172 e. The average Bonchev–Trinajstić information content (AvgIpc) is 2.09. The molecule has 1 aromatic rings. The van der Waals surface area contributed by atoms with Gasteiger partial charge in [0.2, 0.25) is 0 Å². The van der Waals surface area contributed by atoms with Crippen molar-refractivity contribution in [3.8, 4) is 0 Å². The summed E-state index contributed by atoms with van der Waals surface area (Å²) in [6.07, 6.45) is 0.530. The Bertz CT molecular complexity index is 238. The third-order valence-electron chi connectivity index (χ3n) is 1.38. The van der Waals surface area contributed by atoms with Crippen molar-refractivity contribution in [1.82, 2.24) is 0 Å². The number of carbonyl (C=O) groups is 1. The number of benzene rings is 1. The molecule has 3 nitrogen and oxygen atoms in total. The molecule has 56 valence electrons. The fourth-order valence-corrected chi connectivity index (χ4v) is 0.814. The van der Waals surface area contributed by atoms with Gasteiger partial charge in [-0.05, 0) is 5.56 Å². The van der Waals surface area contributed by atoms with Gasteiger partial charge in [-0.1, -0.05) is 35.5 Å². The topological polar surface area (TPSA) is 46.5 Å². The fraction of sp³-hybridized carbons (Fsp3) is 0.125. The van der Waals surface area contributed by atoms with E-state index in [1.165, 1.54) is 0 Å². The van der Waals surface area contributed by atoms with Gasteiger partial charge in [0, 0.05) is 0 Å². The van der Waals surface area contributed by atoms with Crippen LogP contribution in [0, 0.1) is 4.91 Å². The van der Waals surface area contributed by atoms with E-state index in [1.807, 2.05) is 6.07 Å². The molecule has 0 aromatic heterocycles. The Labute approximate surface area is 64.0 Å². The molecule has 0 heterocycles. The second kappa shape index (κ2) is 3.61. The number of rotatable bonds is 3. The van der Waals surface area contributed by atoms with Gasteiger partial charge in [0.15, 0.2) is 12.3 Å². The Morgan fingerprint density at radius 2 is 1.91 bits per heavy atom. The molecule has 3 heteroatoms. The molecule has 1 atom stereocenters. The maximum atomic E-state index is 10.2. The third-order valence-corrected chi connectivity index (χ3v) is 1.38. The minimum Gasteiger partial charge on any atom is -0.300 e. The maximum absolute atomic E-state index is 10.2. The smallest absolute Gasteiger partial charge is 0.172 e. The summed E-state index contributed by atoms with van der Waals surface area (Å²) in [6.45, 7) is 0. The number of aldehydes is 1. The standard InChI is InChI=1S/C8H7NO2/c10-6-8(9-11)7-4-2-1-3-5-7/h1-6,8H. The Balaban J connectivity index is 2.90. The van der Waals surface area contributed by atoms with Crippen molar-refractivity contribution < 1.29 is 4.79 Å². The van der Waals surface area contributed by atoms with Crippen molar-refractivity contribution >= 4 is 6.29 Å². The molecule has 0 saturated heterocycles. The molecular weight excluding hydrogens is 142 g/mol. The van der Waals surface area contributed by atoms with Gasteiger partial charge in [0.1, 0.15) is 0 Å².